The van der Waals surface area contributed by atoms with Gasteiger partial charge in [-0.05, 0) is 47.2 Å². The summed E-state index contributed by atoms with van der Waals surface area (Å²) in [5.41, 5.74) is 1.77. The molecule has 2 heterocycles. The normalized spacial score (nSPS) is 10.8. The standard InChI is InChI=1S/C25H18N4O3/c30-23(16-31-19-13-12-17-7-1-2-8-18(17)15-19)27-21-10-4-3-9-20(21)25-28-24(29-32-25)22-11-5-6-14-26-22/h1-15H,16H2,(H,27,30). The molecule has 0 aliphatic carbocycles. The largest absolute Gasteiger partial charge is 0.484 e. The van der Waals surface area contributed by atoms with Crippen LogP contribution in [0.2, 0.25) is 0 Å². The lowest BCUT2D eigenvalue weighted by Crippen LogP contribution is -2.20. The molecule has 2 aromatic heterocycles. The van der Waals surface area contributed by atoms with E-state index in [1.54, 1.807) is 24.4 Å². The number of hydrogen-bond donors (Lipinski definition) is 1. The van der Waals surface area contributed by atoms with Crippen LogP contribution in [-0.4, -0.2) is 27.6 Å². The van der Waals surface area contributed by atoms with E-state index in [-0.39, 0.29) is 18.4 Å². The summed E-state index contributed by atoms with van der Waals surface area (Å²) in [4.78, 5) is 21.2. The summed E-state index contributed by atoms with van der Waals surface area (Å²) in [7, 11) is 0. The third-order valence-corrected chi connectivity index (χ3v) is 4.84. The van der Waals surface area contributed by atoms with E-state index in [1.165, 1.54) is 0 Å². The van der Waals surface area contributed by atoms with E-state index in [0.717, 1.165) is 10.8 Å². The highest BCUT2D eigenvalue weighted by atomic mass is 16.5. The summed E-state index contributed by atoms with van der Waals surface area (Å²) in [6.07, 6.45) is 1.66. The van der Waals surface area contributed by atoms with E-state index in [1.807, 2.05) is 66.7 Å². The molecule has 0 radical (unpaired) electrons. The summed E-state index contributed by atoms with van der Waals surface area (Å²) in [5.74, 6) is 0.998. The number of hydrogen-bond acceptors (Lipinski definition) is 6. The summed E-state index contributed by atoms with van der Waals surface area (Å²) in [6, 6.07) is 26.4. The second kappa shape index (κ2) is 8.69. The first-order chi connectivity index (χ1) is 15.8. The van der Waals surface area contributed by atoms with Crippen LogP contribution in [0.4, 0.5) is 5.69 Å². The molecule has 0 spiro atoms. The molecule has 7 heteroatoms. The average Bonchev–Trinajstić information content (AvgIpc) is 3.34. The maximum absolute atomic E-state index is 12.5. The van der Waals surface area contributed by atoms with E-state index in [0.29, 0.717) is 28.5 Å². The minimum Gasteiger partial charge on any atom is -0.484 e. The topological polar surface area (TPSA) is 90.1 Å². The minimum absolute atomic E-state index is 0.129. The van der Waals surface area contributed by atoms with Gasteiger partial charge in [-0.2, -0.15) is 4.98 Å². The molecule has 0 bridgehead atoms. The first kappa shape index (κ1) is 19.4. The van der Waals surface area contributed by atoms with Crippen LogP contribution in [0.5, 0.6) is 5.75 Å². The molecule has 5 aromatic rings. The molecule has 0 saturated heterocycles. The van der Waals surface area contributed by atoms with Crippen LogP contribution >= 0.6 is 0 Å². The van der Waals surface area contributed by atoms with Crippen LogP contribution in [0, 0.1) is 0 Å². The maximum Gasteiger partial charge on any atom is 0.262 e. The first-order valence-electron chi connectivity index (χ1n) is 10.0. The highest BCUT2D eigenvalue weighted by Crippen LogP contribution is 2.28. The van der Waals surface area contributed by atoms with Crippen molar-refractivity contribution in [3.63, 3.8) is 0 Å². The van der Waals surface area contributed by atoms with Gasteiger partial charge in [-0.1, -0.05) is 53.7 Å². The van der Waals surface area contributed by atoms with Crippen LogP contribution < -0.4 is 10.1 Å². The zero-order chi connectivity index (χ0) is 21.8. The lowest BCUT2D eigenvalue weighted by Gasteiger charge is -2.10. The van der Waals surface area contributed by atoms with Crippen molar-refractivity contribution in [3.05, 3.63) is 91.1 Å². The van der Waals surface area contributed by atoms with Crippen molar-refractivity contribution in [2.45, 2.75) is 0 Å². The van der Waals surface area contributed by atoms with Crippen molar-refractivity contribution in [2.75, 3.05) is 11.9 Å². The Bertz CT molecular complexity index is 1380. The number of amides is 1. The van der Waals surface area contributed by atoms with Gasteiger partial charge in [0.05, 0.1) is 11.3 Å². The lowest BCUT2D eigenvalue weighted by atomic mass is 10.1. The highest BCUT2D eigenvalue weighted by Gasteiger charge is 2.16. The second-order valence-corrected chi connectivity index (χ2v) is 7.03. The third kappa shape index (κ3) is 4.17. The van der Waals surface area contributed by atoms with Crippen molar-refractivity contribution < 1.29 is 14.1 Å². The van der Waals surface area contributed by atoms with Crippen molar-refractivity contribution in [3.8, 4) is 28.7 Å². The molecular weight excluding hydrogens is 404 g/mol. The lowest BCUT2D eigenvalue weighted by molar-refractivity contribution is -0.118. The first-order valence-corrected chi connectivity index (χ1v) is 10.0. The maximum atomic E-state index is 12.5. The molecular formula is C25H18N4O3. The number of fused-ring (bicyclic) bond motifs is 1. The number of nitrogens with one attached hydrogen (secondary N) is 1. The molecule has 0 fully saturated rings. The molecule has 1 amide bonds. The summed E-state index contributed by atoms with van der Waals surface area (Å²) < 4.78 is 11.1. The van der Waals surface area contributed by atoms with Crippen molar-refractivity contribution in [1.29, 1.82) is 0 Å². The Morgan fingerprint density at radius 3 is 2.59 bits per heavy atom. The van der Waals surface area contributed by atoms with Gasteiger partial charge in [0.1, 0.15) is 11.4 Å². The quantitative estimate of drug-likeness (QED) is 0.416. The molecule has 0 atom stereocenters. The SMILES string of the molecule is O=C(COc1ccc2ccccc2c1)Nc1ccccc1-c1nc(-c2ccccn2)no1. The molecule has 0 aliphatic heterocycles. The van der Waals surface area contributed by atoms with Gasteiger partial charge >= 0.3 is 0 Å². The van der Waals surface area contributed by atoms with Crippen molar-refractivity contribution in [1.82, 2.24) is 15.1 Å². The Balaban J connectivity index is 1.29. The van der Waals surface area contributed by atoms with Crippen molar-refractivity contribution >= 4 is 22.4 Å². The van der Waals surface area contributed by atoms with E-state index in [2.05, 4.69) is 20.4 Å². The fourth-order valence-electron chi connectivity index (χ4n) is 3.30. The van der Waals surface area contributed by atoms with E-state index in [9.17, 15) is 4.79 Å². The fourth-order valence-corrected chi connectivity index (χ4v) is 3.30. The number of benzene rings is 3. The molecule has 32 heavy (non-hydrogen) atoms. The second-order valence-electron chi connectivity index (χ2n) is 7.03. The predicted molar refractivity (Wildman–Crippen MR) is 121 cm³/mol. The zero-order valence-electron chi connectivity index (χ0n) is 16.9. The number of aromatic nitrogens is 3. The smallest absolute Gasteiger partial charge is 0.262 e. The number of carbonyl (C=O) groups is 1. The molecule has 3 aromatic carbocycles. The molecule has 0 unspecified atom stereocenters. The van der Waals surface area contributed by atoms with Gasteiger partial charge in [-0.15, -0.1) is 0 Å². The van der Waals surface area contributed by atoms with E-state index in [4.69, 9.17) is 9.26 Å². The average molecular weight is 422 g/mol. The van der Waals surface area contributed by atoms with Gasteiger partial charge in [0, 0.05) is 6.20 Å². The van der Waals surface area contributed by atoms with E-state index < -0.39 is 0 Å². The summed E-state index contributed by atoms with van der Waals surface area (Å²) in [5, 5.41) is 9.02. The highest BCUT2D eigenvalue weighted by molar-refractivity contribution is 5.95. The van der Waals surface area contributed by atoms with Crippen LogP contribution in [-0.2, 0) is 4.79 Å². The fraction of sp³-hybridized carbons (Fsp3) is 0.0400. The third-order valence-electron chi connectivity index (χ3n) is 4.84. The van der Waals surface area contributed by atoms with Gasteiger partial charge in [-0.3, -0.25) is 9.78 Å². The van der Waals surface area contributed by atoms with Gasteiger partial charge in [0.15, 0.2) is 6.61 Å². The monoisotopic (exact) mass is 422 g/mol. The van der Waals surface area contributed by atoms with Gasteiger partial charge < -0.3 is 14.6 Å². The number of nitrogens with zero attached hydrogens (tertiary/aromatic N) is 3. The molecule has 156 valence electrons. The zero-order valence-corrected chi connectivity index (χ0v) is 16.9. The molecule has 5 rings (SSSR count). The number of para-hydroxylation sites is 1. The summed E-state index contributed by atoms with van der Waals surface area (Å²) >= 11 is 0. The number of carbonyl (C=O) groups excluding carboxylic acids is 1. The van der Waals surface area contributed by atoms with Crippen LogP contribution in [0.25, 0.3) is 33.7 Å². The minimum atomic E-state index is -0.296. The number of anilines is 1. The molecule has 0 saturated carbocycles. The molecule has 7 nitrogen and oxygen atoms in total. The number of rotatable bonds is 6. The van der Waals surface area contributed by atoms with Crippen LogP contribution in [0.3, 0.4) is 0 Å². The number of pyridine rings is 1. The van der Waals surface area contributed by atoms with Gasteiger partial charge in [0.2, 0.25) is 5.82 Å². The Morgan fingerprint density at radius 1 is 0.906 bits per heavy atom. The van der Waals surface area contributed by atoms with Crippen LogP contribution in [0.1, 0.15) is 0 Å². The molecule has 0 aliphatic rings. The Labute approximate surface area is 183 Å². The van der Waals surface area contributed by atoms with Gasteiger partial charge in [0.25, 0.3) is 11.8 Å². The molecule has 1 N–H and O–H groups in total. The predicted octanol–water partition coefficient (Wildman–Crippen LogP) is 4.97. The number of ether oxygens (including phenoxy) is 1. The Kier molecular flexibility index (Phi) is 5.28. The Hall–Kier alpha value is -4.52. The van der Waals surface area contributed by atoms with E-state index >= 15 is 0 Å². The Morgan fingerprint density at radius 2 is 1.72 bits per heavy atom. The van der Waals surface area contributed by atoms with Crippen LogP contribution in [0.15, 0.2) is 95.6 Å². The van der Waals surface area contributed by atoms with Gasteiger partial charge in [-0.25, -0.2) is 0 Å². The summed E-state index contributed by atoms with van der Waals surface area (Å²) in [6.45, 7) is -0.129. The van der Waals surface area contributed by atoms with Crippen molar-refractivity contribution in [2.24, 2.45) is 0 Å².